The normalized spacial score (nSPS) is 31.9. The molecule has 2 aliphatic rings. The van der Waals surface area contributed by atoms with Crippen LogP contribution in [0.3, 0.4) is 0 Å². The summed E-state index contributed by atoms with van der Waals surface area (Å²) in [5, 5.41) is 28.6. The van der Waals surface area contributed by atoms with Crippen molar-refractivity contribution < 1.29 is 29.4 Å². The van der Waals surface area contributed by atoms with Gasteiger partial charge in [-0.1, -0.05) is 46.3 Å². The summed E-state index contributed by atoms with van der Waals surface area (Å²) in [4.78, 5) is 44.7. The Balaban J connectivity index is 0.000000523. The number of carbonyl (C=O) groups excluding carboxylic acids is 4. The van der Waals surface area contributed by atoms with Gasteiger partial charge in [-0.05, 0) is 32.1 Å². The van der Waals surface area contributed by atoms with Gasteiger partial charge in [0, 0.05) is 12.1 Å². The second-order valence-electron chi connectivity index (χ2n) is 8.27. The van der Waals surface area contributed by atoms with Crippen LogP contribution < -0.4 is 20.8 Å². The molecule has 160 valence electrons. The first-order valence-corrected chi connectivity index (χ1v) is 9.85. The third kappa shape index (κ3) is 7.28. The zero-order valence-electron chi connectivity index (χ0n) is 18.2. The van der Waals surface area contributed by atoms with Crippen LogP contribution >= 0.6 is 0 Å². The van der Waals surface area contributed by atoms with Gasteiger partial charge in [-0.3, -0.25) is 19.2 Å². The Kier molecular flexibility index (Phi) is 12.1. The first kappa shape index (κ1) is 28.5. The molecule has 0 spiro atoms. The van der Waals surface area contributed by atoms with E-state index in [1.807, 2.05) is 27.7 Å². The molecule has 7 atom stereocenters. The van der Waals surface area contributed by atoms with Crippen LogP contribution in [0.15, 0.2) is 0 Å². The first-order chi connectivity index (χ1) is 12.9. The molecule has 8 nitrogen and oxygen atoms in total. The van der Waals surface area contributed by atoms with Crippen molar-refractivity contribution in [2.24, 2.45) is 23.7 Å². The van der Waals surface area contributed by atoms with Crippen LogP contribution in [0.25, 0.3) is 0 Å². The Labute approximate surface area is 202 Å². The van der Waals surface area contributed by atoms with E-state index in [9.17, 15) is 29.4 Å². The smallest absolute Gasteiger partial charge is 0.850 e. The van der Waals surface area contributed by atoms with Gasteiger partial charge in [-0.2, -0.15) is 0 Å². The number of ketones is 2. The van der Waals surface area contributed by atoms with Crippen molar-refractivity contribution in [2.45, 2.75) is 78.7 Å². The molecule has 0 saturated carbocycles. The third-order valence-electron chi connectivity index (χ3n) is 5.47. The molecule has 7 unspecified atom stereocenters. The van der Waals surface area contributed by atoms with Crippen LogP contribution in [0.1, 0.15) is 54.4 Å². The largest absolute Gasteiger partial charge is 2.00 e. The van der Waals surface area contributed by atoms with E-state index in [0.29, 0.717) is 12.3 Å². The summed E-state index contributed by atoms with van der Waals surface area (Å²) in [5.74, 6) is -2.92. The molecule has 0 bridgehead atoms. The molecule has 0 aromatic heterocycles. The Hall–Kier alpha value is -0.540. The zero-order chi connectivity index (χ0) is 21.8. The van der Waals surface area contributed by atoms with Crippen LogP contribution in [-0.4, -0.2) is 85.4 Å². The maximum Gasteiger partial charge on any atom is 2.00 e. The second-order valence-corrected chi connectivity index (χ2v) is 8.27. The number of Topliss-reactive ketones (excluding diaryl/α,β-unsaturated/α-hetero) is 2. The van der Waals surface area contributed by atoms with Crippen LogP contribution in [0.2, 0.25) is 0 Å². The number of carbonyl (C=O) groups is 4. The summed E-state index contributed by atoms with van der Waals surface area (Å²) >= 11 is 0. The summed E-state index contributed by atoms with van der Waals surface area (Å²) in [7, 11) is 0. The molecular formula is C20H32CaN2O6. The summed E-state index contributed by atoms with van der Waals surface area (Å²) in [5.41, 5.74) is 0. The van der Waals surface area contributed by atoms with Crippen LogP contribution in [-0.2, 0) is 19.2 Å². The second kappa shape index (κ2) is 12.3. The van der Waals surface area contributed by atoms with E-state index in [1.165, 1.54) is 13.8 Å². The topological polar surface area (TPSA) is 138 Å². The van der Waals surface area contributed by atoms with Gasteiger partial charge < -0.3 is 20.8 Å². The first-order valence-electron chi connectivity index (χ1n) is 9.85. The SMILES string of the molecule is CC(=O)C1C(=O)NC(CC(C)C)C1[O-].CCC(C)C1NC(=O)C(C(C)=O)C1[O-].[Ca+2]. The standard InChI is InChI=1S/2C10H16NO3.Ca/c1-5(2)4-7-9(13)8(6(3)12)10(14)11-7;1-4-5(2)8-9(13)7(6(3)12)10(14)11-8;/h2*5,7-9H,4H2,1-3H3,(H,11,14);/q2*-1;+2. The molecule has 2 N–H and O–H groups in total. The third-order valence-corrected chi connectivity index (χ3v) is 5.47. The van der Waals surface area contributed by atoms with Crippen molar-refractivity contribution >= 4 is 61.1 Å². The average Bonchev–Trinajstić information content (AvgIpc) is 3.02. The van der Waals surface area contributed by atoms with Gasteiger partial charge in [-0.25, -0.2) is 0 Å². The Morgan fingerprint density at radius 2 is 1.38 bits per heavy atom. The number of rotatable bonds is 6. The van der Waals surface area contributed by atoms with E-state index in [2.05, 4.69) is 10.6 Å². The molecule has 2 amide bonds. The molecule has 0 aromatic carbocycles. The van der Waals surface area contributed by atoms with Gasteiger partial charge in [-0.15, -0.1) is 0 Å². The minimum Gasteiger partial charge on any atom is -0.850 e. The molecule has 2 heterocycles. The van der Waals surface area contributed by atoms with E-state index in [-0.39, 0.29) is 67.3 Å². The fourth-order valence-corrected chi connectivity index (χ4v) is 3.68. The predicted molar refractivity (Wildman–Crippen MR) is 104 cm³/mol. The molecule has 0 radical (unpaired) electrons. The molecule has 2 fully saturated rings. The fourth-order valence-electron chi connectivity index (χ4n) is 3.68. The zero-order valence-corrected chi connectivity index (χ0v) is 20.4. The number of hydrogen-bond donors (Lipinski definition) is 2. The van der Waals surface area contributed by atoms with Crippen molar-refractivity contribution in [3.8, 4) is 0 Å². The van der Waals surface area contributed by atoms with Crippen LogP contribution in [0.5, 0.6) is 0 Å². The number of amides is 2. The van der Waals surface area contributed by atoms with Gasteiger partial charge in [0.1, 0.15) is 11.6 Å². The van der Waals surface area contributed by atoms with Gasteiger partial charge >= 0.3 is 37.7 Å². The maximum atomic E-state index is 11.7. The van der Waals surface area contributed by atoms with E-state index in [1.54, 1.807) is 0 Å². The van der Waals surface area contributed by atoms with Crippen molar-refractivity contribution in [1.29, 1.82) is 0 Å². The van der Waals surface area contributed by atoms with E-state index in [4.69, 9.17) is 0 Å². The van der Waals surface area contributed by atoms with E-state index in [0.717, 1.165) is 6.42 Å². The quantitative estimate of drug-likeness (QED) is 0.386. The molecule has 2 rings (SSSR count). The number of nitrogens with one attached hydrogen (secondary N) is 2. The van der Waals surface area contributed by atoms with Crippen molar-refractivity contribution in [3.05, 3.63) is 0 Å². The monoisotopic (exact) mass is 436 g/mol. The minimum atomic E-state index is -1.12. The molecule has 0 aliphatic carbocycles. The van der Waals surface area contributed by atoms with E-state index < -0.39 is 35.9 Å². The molecule has 2 aliphatic heterocycles. The van der Waals surface area contributed by atoms with Crippen LogP contribution in [0.4, 0.5) is 0 Å². The maximum absolute atomic E-state index is 11.7. The van der Waals surface area contributed by atoms with Gasteiger partial charge in [0.15, 0.2) is 0 Å². The van der Waals surface area contributed by atoms with Crippen molar-refractivity contribution in [2.75, 3.05) is 0 Å². The van der Waals surface area contributed by atoms with Crippen molar-refractivity contribution in [3.63, 3.8) is 0 Å². The Bertz CT molecular complexity index is 612. The number of hydrogen-bond acceptors (Lipinski definition) is 6. The molecule has 0 aromatic rings. The van der Waals surface area contributed by atoms with Gasteiger partial charge in [0.05, 0.1) is 11.8 Å². The minimum absolute atomic E-state index is 0. The van der Waals surface area contributed by atoms with Crippen LogP contribution in [0, 0.1) is 23.7 Å². The summed E-state index contributed by atoms with van der Waals surface area (Å²) < 4.78 is 0. The summed E-state index contributed by atoms with van der Waals surface area (Å²) in [6.07, 6.45) is -0.754. The predicted octanol–water partition coefficient (Wildman–Crippen LogP) is -1.45. The van der Waals surface area contributed by atoms with Crippen molar-refractivity contribution in [1.82, 2.24) is 10.6 Å². The van der Waals surface area contributed by atoms with Gasteiger partial charge in [0.25, 0.3) is 0 Å². The fraction of sp³-hybridized carbons (Fsp3) is 0.800. The van der Waals surface area contributed by atoms with Gasteiger partial charge in [0.2, 0.25) is 11.8 Å². The molecule has 9 heteroatoms. The Morgan fingerprint density at radius 1 is 0.931 bits per heavy atom. The Morgan fingerprint density at radius 3 is 1.72 bits per heavy atom. The molecule has 2 saturated heterocycles. The molecular weight excluding hydrogens is 404 g/mol. The summed E-state index contributed by atoms with van der Waals surface area (Å²) in [6.45, 7) is 10.4. The summed E-state index contributed by atoms with van der Waals surface area (Å²) in [6, 6.07) is -0.766. The van der Waals surface area contributed by atoms with E-state index >= 15 is 0 Å². The average molecular weight is 437 g/mol. The molecule has 29 heavy (non-hydrogen) atoms.